The van der Waals surface area contributed by atoms with Crippen molar-refractivity contribution < 1.29 is 4.74 Å². The molecule has 0 saturated carbocycles. The molecule has 132 valence electrons. The van der Waals surface area contributed by atoms with E-state index >= 15 is 0 Å². The van der Waals surface area contributed by atoms with Gasteiger partial charge in [-0.05, 0) is 25.7 Å². The number of guanidine groups is 1. The molecule has 7 heteroatoms. The lowest BCUT2D eigenvalue weighted by Crippen LogP contribution is -2.40. The molecule has 0 aliphatic carbocycles. The summed E-state index contributed by atoms with van der Waals surface area (Å²) in [6.45, 7) is 6.77. The molecule has 1 atom stereocenters. The zero-order chi connectivity index (χ0) is 15.9. The minimum absolute atomic E-state index is 0. The Morgan fingerprint density at radius 3 is 2.70 bits per heavy atom. The molecule has 1 fully saturated rings. The first-order valence-electron chi connectivity index (χ1n) is 8.29. The van der Waals surface area contributed by atoms with Crippen molar-refractivity contribution in [3.8, 4) is 0 Å². The Kier molecular flexibility index (Phi) is 8.90. The van der Waals surface area contributed by atoms with Gasteiger partial charge in [0.05, 0.1) is 11.8 Å². The number of halogens is 1. The second kappa shape index (κ2) is 10.1. The number of hydrogen-bond acceptors (Lipinski definition) is 3. The molecule has 2 N–H and O–H groups in total. The Bertz CT molecular complexity index is 509. The minimum Gasteiger partial charge on any atom is -0.376 e. The molecule has 0 radical (unpaired) electrons. The highest BCUT2D eigenvalue weighted by atomic mass is 127. The summed E-state index contributed by atoms with van der Waals surface area (Å²) >= 11 is 0. The first-order chi connectivity index (χ1) is 10.7. The van der Waals surface area contributed by atoms with Gasteiger partial charge in [0.2, 0.25) is 0 Å². The van der Waals surface area contributed by atoms with Gasteiger partial charge >= 0.3 is 0 Å². The highest BCUT2D eigenvalue weighted by Gasteiger charge is 2.16. The number of rotatable bonds is 6. The summed E-state index contributed by atoms with van der Waals surface area (Å²) in [7, 11) is 3.82. The summed E-state index contributed by atoms with van der Waals surface area (Å²) in [5.74, 6) is 0.823. The van der Waals surface area contributed by atoms with Gasteiger partial charge in [-0.1, -0.05) is 13.8 Å². The van der Waals surface area contributed by atoms with Crippen LogP contribution in [0.4, 0.5) is 0 Å². The standard InChI is InChI=1S/C16H29N5O.HI/c1-5-14-13(15(6-2)21(4)20-14)11-19-16(17-3)18-10-12-8-7-9-22-12;/h12H,5-11H2,1-4H3,(H2,17,18,19);1H. The van der Waals surface area contributed by atoms with E-state index in [2.05, 4.69) is 34.6 Å². The first-order valence-corrected chi connectivity index (χ1v) is 8.29. The van der Waals surface area contributed by atoms with Gasteiger partial charge in [0.1, 0.15) is 0 Å². The zero-order valence-corrected chi connectivity index (χ0v) is 17.0. The number of aliphatic imine (C=N–C) groups is 1. The number of hydrogen-bond donors (Lipinski definition) is 2. The fourth-order valence-corrected chi connectivity index (χ4v) is 3.00. The number of aryl methyl sites for hydroxylation is 2. The largest absolute Gasteiger partial charge is 0.376 e. The Morgan fingerprint density at radius 2 is 2.13 bits per heavy atom. The highest BCUT2D eigenvalue weighted by molar-refractivity contribution is 14.0. The van der Waals surface area contributed by atoms with Gasteiger partial charge in [-0.2, -0.15) is 5.10 Å². The second-order valence-electron chi connectivity index (χ2n) is 5.64. The summed E-state index contributed by atoms with van der Waals surface area (Å²) in [6, 6.07) is 0. The van der Waals surface area contributed by atoms with Crippen molar-refractivity contribution >= 4 is 29.9 Å². The topological polar surface area (TPSA) is 63.5 Å². The molecule has 1 unspecified atom stereocenters. The smallest absolute Gasteiger partial charge is 0.191 e. The lowest BCUT2D eigenvalue weighted by atomic mass is 10.1. The SMILES string of the molecule is CCc1nn(C)c(CC)c1CNC(=NC)NCC1CCCO1.I. The molecule has 0 bridgehead atoms. The molecule has 1 aliphatic heterocycles. The molecule has 0 spiro atoms. The van der Waals surface area contributed by atoms with Crippen LogP contribution in [0.15, 0.2) is 4.99 Å². The van der Waals surface area contributed by atoms with Crippen molar-refractivity contribution in [1.82, 2.24) is 20.4 Å². The van der Waals surface area contributed by atoms with Crippen molar-refractivity contribution in [2.45, 2.75) is 52.2 Å². The van der Waals surface area contributed by atoms with Crippen LogP contribution in [0.1, 0.15) is 43.6 Å². The van der Waals surface area contributed by atoms with Crippen LogP contribution in [0.3, 0.4) is 0 Å². The predicted octanol–water partition coefficient (Wildman–Crippen LogP) is 2.01. The van der Waals surface area contributed by atoms with E-state index in [1.54, 1.807) is 7.05 Å². The van der Waals surface area contributed by atoms with Gasteiger partial charge in [0.15, 0.2) is 5.96 Å². The van der Waals surface area contributed by atoms with E-state index in [1.165, 1.54) is 17.0 Å². The summed E-state index contributed by atoms with van der Waals surface area (Å²) in [6.07, 6.45) is 4.55. The van der Waals surface area contributed by atoms with E-state index < -0.39 is 0 Å². The second-order valence-corrected chi connectivity index (χ2v) is 5.64. The summed E-state index contributed by atoms with van der Waals surface area (Å²) in [5.41, 5.74) is 3.76. The molecule has 1 aromatic heterocycles. The van der Waals surface area contributed by atoms with Crippen LogP contribution < -0.4 is 10.6 Å². The monoisotopic (exact) mass is 435 g/mol. The van der Waals surface area contributed by atoms with Crippen molar-refractivity contribution in [3.05, 3.63) is 17.0 Å². The molecule has 2 heterocycles. The number of ether oxygens (including phenoxy) is 1. The summed E-state index contributed by atoms with van der Waals surface area (Å²) < 4.78 is 7.63. The van der Waals surface area contributed by atoms with Crippen LogP contribution in [0.5, 0.6) is 0 Å². The molecule has 1 saturated heterocycles. The van der Waals surface area contributed by atoms with Gasteiger partial charge in [-0.25, -0.2) is 0 Å². The Labute approximate surface area is 156 Å². The van der Waals surface area contributed by atoms with E-state index in [4.69, 9.17) is 4.74 Å². The van der Waals surface area contributed by atoms with Crippen LogP contribution >= 0.6 is 24.0 Å². The van der Waals surface area contributed by atoms with Crippen molar-refractivity contribution in [3.63, 3.8) is 0 Å². The minimum atomic E-state index is 0. The number of nitrogens with one attached hydrogen (secondary N) is 2. The highest BCUT2D eigenvalue weighted by Crippen LogP contribution is 2.15. The maximum atomic E-state index is 5.63. The Hall–Kier alpha value is -0.830. The molecule has 0 aromatic carbocycles. The molecule has 2 rings (SSSR count). The fourth-order valence-electron chi connectivity index (χ4n) is 3.00. The van der Waals surface area contributed by atoms with E-state index in [1.807, 2.05) is 11.7 Å². The fraction of sp³-hybridized carbons (Fsp3) is 0.750. The summed E-state index contributed by atoms with van der Waals surface area (Å²) in [4.78, 5) is 4.29. The summed E-state index contributed by atoms with van der Waals surface area (Å²) in [5, 5.41) is 11.4. The lowest BCUT2D eigenvalue weighted by Gasteiger charge is -2.15. The molecule has 1 aliphatic rings. The van der Waals surface area contributed by atoms with Crippen molar-refractivity contribution in [2.24, 2.45) is 12.0 Å². The van der Waals surface area contributed by atoms with E-state index in [9.17, 15) is 0 Å². The number of nitrogens with zero attached hydrogens (tertiary/aromatic N) is 3. The normalized spacial score (nSPS) is 17.9. The van der Waals surface area contributed by atoms with Gasteiger partial charge in [0.25, 0.3) is 0 Å². The van der Waals surface area contributed by atoms with Gasteiger partial charge in [-0.15, -0.1) is 24.0 Å². The lowest BCUT2D eigenvalue weighted by molar-refractivity contribution is 0.114. The van der Waals surface area contributed by atoms with Crippen LogP contribution in [0.25, 0.3) is 0 Å². The first kappa shape index (κ1) is 20.2. The van der Waals surface area contributed by atoms with Crippen LogP contribution in [-0.2, 0) is 31.2 Å². The maximum Gasteiger partial charge on any atom is 0.191 e. The van der Waals surface area contributed by atoms with Gasteiger partial charge in [0, 0.05) is 45.0 Å². The Balaban J connectivity index is 0.00000264. The third-order valence-corrected chi connectivity index (χ3v) is 4.21. The van der Waals surface area contributed by atoms with E-state index in [0.29, 0.717) is 6.10 Å². The third-order valence-electron chi connectivity index (χ3n) is 4.21. The molecular formula is C16H30IN5O. The van der Waals surface area contributed by atoms with Crippen LogP contribution in [0.2, 0.25) is 0 Å². The molecule has 0 amide bonds. The van der Waals surface area contributed by atoms with Gasteiger partial charge < -0.3 is 15.4 Å². The third kappa shape index (κ3) is 5.34. The van der Waals surface area contributed by atoms with E-state index in [0.717, 1.165) is 51.3 Å². The zero-order valence-electron chi connectivity index (χ0n) is 14.7. The van der Waals surface area contributed by atoms with Gasteiger partial charge in [-0.3, -0.25) is 9.67 Å². The molecule has 23 heavy (non-hydrogen) atoms. The van der Waals surface area contributed by atoms with Crippen LogP contribution in [0, 0.1) is 0 Å². The van der Waals surface area contributed by atoms with Crippen LogP contribution in [-0.4, -0.2) is 42.0 Å². The predicted molar refractivity (Wildman–Crippen MR) is 105 cm³/mol. The average Bonchev–Trinajstić information content (AvgIpc) is 3.14. The molecular weight excluding hydrogens is 405 g/mol. The Morgan fingerprint density at radius 1 is 1.35 bits per heavy atom. The average molecular weight is 435 g/mol. The van der Waals surface area contributed by atoms with Crippen molar-refractivity contribution in [1.29, 1.82) is 0 Å². The molecule has 6 nitrogen and oxygen atoms in total. The maximum absolute atomic E-state index is 5.63. The quantitative estimate of drug-likeness (QED) is 0.408. The molecule has 1 aromatic rings. The van der Waals surface area contributed by atoms with Crippen molar-refractivity contribution in [2.75, 3.05) is 20.2 Å². The number of aromatic nitrogens is 2. The van der Waals surface area contributed by atoms with E-state index in [-0.39, 0.29) is 24.0 Å².